The van der Waals surface area contributed by atoms with Crippen LogP contribution in [0.15, 0.2) is 60.9 Å². The van der Waals surface area contributed by atoms with Gasteiger partial charge in [-0.1, -0.05) is 23.7 Å². The minimum Gasteiger partial charge on any atom is -0.294 e. The lowest BCUT2D eigenvalue weighted by Gasteiger charge is -2.03. The molecule has 0 saturated carbocycles. The van der Waals surface area contributed by atoms with E-state index in [2.05, 4.69) is 0 Å². The van der Waals surface area contributed by atoms with Gasteiger partial charge < -0.3 is 0 Å². The summed E-state index contributed by atoms with van der Waals surface area (Å²) in [5, 5.41) is 0.204. The van der Waals surface area contributed by atoms with E-state index in [0.717, 1.165) is 10.6 Å². The van der Waals surface area contributed by atoms with Crippen LogP contribution in [0.4, 0.5) is 8.78 Å². The molecule has 6 heteroatoms. The van der Waals surface area contributed by atoms with Gasteiger partial charge in [-0.15, -0.1) is 0 Å². The van der Waals surface area contributed by atoms with Crippen molar-refractivity contribution in [1.82, 2.24) is 4.57 Å². The highest BCUT2D eigenvalue weighted by molar-refractivity contribution is 6.30. The molecule has 0 radical (unpaired) electrons. The van der Waals surface area contributed by atoms with Crippen molar-refractivity contribution in [2.75, 3.05) is 0 Å². The van der Waals surface area contributed by atoms with Gasteiger partial charge in [0.25, 0.3) is 5.91 Å². The zero-order chi connectivity index (χ0) is 18.0. The van der Waals surface area contributed by atoms with Gasteiger partial charge in [0.15, 0.2) is 5.78 Å². The Hall–Kier alpha value is -2.79. The molecular weight excluding hydrogens is 348 g/mol. The largest absolute Gasteiger partial charge is 0.294 e. The smallest absolute Gasteiger partial charge is 0.264 e. The van der Waals surface area contributed by atoms with Gasteiger partial charge in [-0.05, 0) is 42.0 Å². The zero-order valence-electron chi connectivity index (χ0n) is 12.9. The quantitative estimate of drug-likeness (QED) is 0.642. The normalized spacial score (nSPS) is 10.7. The minimum absolute atomic E-state index is 0.0601. The molecular formula is C19H12ClF2NO2. The van der Waals surface area contributed by atoms with Crippen LogP contribution in [0, 0.1) is 11.6 Å². The molecule has 3 nitrogen and oxygen atoms in total. The third-order valence-corrected chi connectivity index (χ3v) is 3.86. The number of nitrogens with zero attached hydrogens (tertiary/aromatic N) is 1. The lowest BCUT2D eigenvalue weighted by molar-refractivity contribution is 0.0956. The van der Waals surface area contributed by atoms with Gasteiger partial charge in [0, 0.05) is 29.4 Å². The maximum absolute atomic E-state index is 13.7. The maximum Gasteiger partial charge on any atom is 0.264 e. The summed E-state index contributed by atoms with van der Waals surface area (Å²) in [5.74, 6) is -2.04. The SMILES string of the molecule is O=C(Cc1cc(F)cc(Cl)c1)c1ccn(C(=O)c2ccccc2F)c1. The molecule has 0 amide bonds. The van der Waals surface area contributed by atoms with Crippen LogP contribution in [0.1, 0.15) is 26.3 Å². The van der Waals surface area contributed by atoms with Crippen molar-refractivity contribution in [3.05, 3.63) is 94.3 Å². The second-order valence-electron chi connectivity index (χ2n) is 5.47. The number of Topliss-reactive ketones (excluding diaryl/α,β-unsaturated/α-hetero) is 1. The lowest BCUT2D eigenvalue weighted by atomic mass is 10.1. The van der Waals surface area contributed by atoms with Crippen molar-refractivity contribution in [1.29, 1.82) is 0 Å². The molecule has 0 atom stereocenters. The molecule has 0 fully saturated rings. The van der Waals surface area contributed by atoms with E-state index in [1.54, 1.807) is 6.07 Å². The molecule has 0 aliphatic rings. The Labute approximate surface area is 147 Å². The topological polar surface area (TPSA) is 39.1 Å². The molecule has 3 aromatic rings. The summed E-state index contributed by atoms with van der Waals surface area (Å²) in [6, 6.07) is 10.9. The molecule has 0 spiro atoms. The van der Waals surface area contributed by atoms with Gasteiger partial charge in [-0.25, -0.2) is 8.78 Å². The summed E-state index contributed by atoms with van der Waals surface area (Å²) in [6.07, 6.45) is 2.66. The third kappa shape index (κ3) is 3.83. The van der Waals surface area contributed by atoms with E-state index in [1.807, 2.05) is 0 Å². The van der Waals surface area contributed by atoms with E-state index < -0.39 is 17.5 Å². The molecule has 0 bridgehead atoms. The number of halogens is 3. The van der Waals surface area contributed by atoms with Crippen LogP contribution in [0.25, 0.3) is 0 Å². The fourth-order valence-electron chi connectivity index (χ4n) is 2.46. The average molecular weight is 360 g/mol. The highest BCUT2D eigenvalue weighted by atomic mass is 35.5. The van der Waals surface area contributed by atoms with Crippen LogP contribution < -0.4 is 0 Å². The molecule has 0 aliphatic heterocycles. The van der Waals surface area contributed by atoms with Crippen LogP contribution >= 0.6 is 11.6 Å². The number of hydrogen-bond donors (Lipinski definition) is 0. The summed E-state index contributed by atoms with van der Waals surface area (Å²) in [5.41, 5.74) is 0.613. The summed E-state index contributed by atoms with van der Waals surface area (Å²) in [6.45, 7) is 0. The van der Waals surface area contributed by atoms with Gasteiger partial charge >= 0.3 is 0 Å². The number of carbonyl (C=O) groups is 2. The number of ketones is 1. The van der Waals surface area contributed by atoms with Crippen molar-refractivity contribution in [2.45, 2.75) is 6.42 Å². The molecule has 2 aromatic carbocycles. The Morgan fingerprint density at radius 3 is 2.52 bits per heavy atom. The first-order valence-corrected chi connectivity index (χ1v) is 7.77. The van der Waals surface area contributed by atoms with Gasteiger partial charge in [-0.2, -0.15) is 0 Å². The second kappa shape index (κ2) is 6.99. The predicted octanol–water partition coefficient (Wildman–Crippen LogP) is 4.53. The van der Waals surface area contributed by atoms with Crippen LogP contribution in [-0.4, -0.2) is 16.3 Å². The van der Waals surface area contributed by atoms with E-state index in [1.165, 1.54) is 48.8 Å². The Morgan fingerprint density at radius 1 is 1.04 bits per heavy atom. The fourth-order valence-corrected chi connectivity index (χ4v) is 2.71. The molecule has 1 heterocycles. The maximum atomic E-state index is 13.7. The van der Waals surface area contributed by atoms with E-state index in [9.17, 15) is 18.4 Å². The van der Waals surface area contributed by atoms with Crippen molar-refractivity contribution in [3.63, 3.8) is 0 Å². The second-order valence-corrected chi connectivity index (χ2v) is 5.91. The third-order valence-electron chi connectivity index (χ3n) is 3.64. The summed E-state index contributed by atoms with van der Waals surface area (Å²) >= 11 is 5.77. The number of hydrogen-bond acceptors (Lipinski definition) is 2. The predicted molar refractivity (Wildman–Crippen MR) is 90.0 cm³/mol. The molecule has 0 aliphatic carbocycles. The fraction of sp³-hybridized carbons (Fsp3) is 0.0526. The number of aromatic nitrogens is 1. The highest BCUT2D eigenvalue weighted by Gasteiger charge is 2.16. The molecule has 126 valence electrons. The molecule has 0 unspecified atom stereocenters. The standard InChI is InChI=1S/C19H12ClF2NO2/c20-14-7-12(8-15(21)10-14)9-18(24)13-5-6-23(11-13)19(25)16-3-1-2-4-17(16)22/h1-8,10-11H,9H2. The van der Waals surface area contributed by atoms with E-state index in [-0.39, 0.29) is 28.4 Å². The summed E-state index contributed by atoms with van der Waals surface area (Å²) in [4.78, 5) is 24.6. The number of rotatable bonds is 4. The van der Waals surface area contributed by atoms with Crippen LogP contribution in [0.3, 0.4) is 0 Å². The lowest BCUT2D eigenvalue weighted by Crippen LogP contribution is -2.12. The first-order valence-electron chi connectivity index (χ1n) is 7.39. The summed E-state index contributed by atoms with van der Waals surface area (Å²) in [7, 11) is 0. The minimum atomic E-state index is -0.636. The van der Waals surface area contributed by atoms with Crippen LogP contribution in [0.5, 0.6) is 0 Å². The van der Waals surface area contributed by atoms with Gasteiger partial charge in [-0.3, -0.25) is 14.2 Å². The van der Waals surface area contributed by atoms with E-state index >= 15 is 0 Å². The Balaban J connectivity index is 1.80. The highest BCUT2D eigenvalue weighted by Crippen LogP contribution is 2.17. The Kier molecular flexibility index (Phi) is 4.76. The van der Waals surface area contributed by atoms with Crippen molar-refractivity contribution in [3.8, 4) is 0 Å². The monoisotopic (exact) mass is 359 g/mol. The first-order chi connectivity index (χ1) is 11.9. The Morgan fingerprint density at radius 2 is 1.80 bits per heavy atom. The number of benzene rings is 2. The molecule has 1 aromatic heterocycles. The molecule has 3 rings (SSSR count). The van der Waals surface area contributed by atoms with Gasteiger partial charge in [0.2, 0.25) is 0 Å². The van der Waals surface area contributed by atoms with Gasteiger partial charge in [0.05, 0.1) is 5.56 Å². The van der Waals surface area contributed by atoms with E-state index in [0.29, 0.717) is 5.56 Å². The first kappa shape index (κ1) is 17.0. The van der Waals surface area contributed by atoms with Crippen molar-refractivity contribution in [2.24, 2.45) is 0 Å². The average Bonchev–Trinajstić information content (AvgIpc) is 3.04. The van der Waals surface area contributed by atoms with E-state index in [4.69, 9.17) is 11.6 Å². The van der Waals surface area contributed by atoms with Gasteiger partial charge in [0.1, 0.15) is 11.6 Å². The molecule has 0 N–H and O–H groups in total. The van der Waals surface area contributed by atoms with Crippen LogP contribution in [0.2, 0.25) is 5.02 Å². The van der Waals surface area contributed by atoms with Crippen LogP contribution in [-0.2, 0) is 6.42 Å². The number of carbonyl (C=O) groups excluding carboxylic acids is 2. The molecule has 25 heavy (non-hydrogen) atoms. The zero-order valence-corrected chi connectivity index (χ0v) is 13.6. The Bertz CT molecular complexity index is 945. The summed E-state index contributed by atoms with van der Waals surface area (Å²) < 4.78 is 28.2. The molecule has 0 saturated heterocycles. The van der Waals surface area contributed by atoms with Crippen molar-refractivity contribution < 1.29 is 18.4 Å². The van der Waals surface area contributed by atoms with Crippen molar-refractivity contribution >= 4 is 23.3 Å².